The molecule has 1 aromatic rings. The second-order valence-electron chi connectivity index (χ2n) is 4.31. The van der Waals surface area contributed by atoms with E-state index in [1.807, 2.05) is 6.92 Å². The highest BCUT2D eigenvalue weighted by Crippen LogP contribution is 2.23. The highest BCUT2D eigenvalue weighted by Gasteiger charge is 2.26. The van der Waals surface area contributed by atoms with Gasteiger partial charge in [-0.2, -0.15) is 4.39 Å². The fourth-order valence-electron chi connectivity index (χ4n) is 1.53. The summed E-state index contributed by atoms with van der Waals surface area (Å²) in [6.45, 7) is 2.09. The van der Waals surface area contributed by atoms with E-state index in [2.05, 4.69) is 21.2 Å². The smallest absolute Gasteiger partial charge is 0.305 e. The van der Waals surface area contributed by atoms with E-state index < -0.39 is 33.7 Å². The molecule has 0 aliphatic carbocycles. The molecule has 0 spiro atoms. The number of alkyl halides is 1. The zero-order valence-electron chi connectivity index (χ0n) is 10.7. The number of nitrogens with one attached hydrogen (secondary N) is 1. The van der Waals surface area contributed by atoms with E-state index >= 15 is 0 Å². The van der Waals surface area contributed by atoms with Crippen LogP contribution in [0.25, 0.3) is 0 Å². The van der Waals surface area contributed by atoms with Gasteiger partial charge in [0.2, 0.25) is 5.82 Å². The molecule has 0 saturated carbocycles. The summed E-state index contributed by atoms with van der Waals surface area (Å²) in [4.78, 5) is 21.3. The minimum Gasteiger partial charge on any atom is -0.352 e. The van der Waals surface area contributed by atoms with E-state index in [0.29, 0.717) is 12.1 Å². The fraction of sp³-hybridized carbons (Fsp3) is 0.417. The largest absolute Gasteiger partial charge is 0.352 e. The van der Waals surface area contributed by atoms with Gasteiger partial charge in [0.1, 0.15) is 11.4 Å². The molecular weight excluding hydrogens is 338 g/mol. The summed E-state index contributed by atoms with van der Waals surface area (Å²) in [5, 5.41) is 13.7. The number of benzene rings is 1. The van der Waals surface area contributed by atoms with Crippen molar-refractivity contribution in [3.05, 3.63) is 39.4 Å². The number of hydrogen-bond acceptors (Lipinski definition) is 3. The van der Waals surface area contributed by atoms with Gasteiger partial charge in [-0.05, 0) is 18.4 Å². The van der Waals surface area contributed by atoms with Crippen LogP contribution in [0.3, 0.4) is 0 Å². The van der Waals surface area contributed by atoms with Crippen LogP contribution in [0.5, 0.6) is 0 Å². The number of carbonyl (C=O) groups is 1. The normalized spacial score (nSPS) is 12.0. The Bertz CT molecular complexity index is 526. The zero-order valence-corrected chi connectivity index (χ0v) is 12.2. The summed E-state index contributed by atoms with van der Waals surface area (Å²) in [6, 6.07) is 1.40. The van der Waals surface area contributed by atoms with Crippen LogP contribution in [0, 0.1) is 27.7 Å². The number of nitro groups is 1. The van der Waals surface area contributed by atoms with Crippen molar-refractivity contribution in [2.45, 2.75) is 13.3 Å². The maximum atomic E-state index is 13.8. The molecule has 0 heterocycles. The third-order valence-electron chi connectivity index (χ3n) is 2.71. The lowest BCUT2D eigenvalue weighted by atomic mass is 10.1. The molecule has 1 N–H and O–H groups in total. The monoisotopic (exact) mass is 350 g/mol. The molecule has 0 bridgehead atoms. The van der Waals surface area contributed by atoms with Crippen LogP contribution in [0.15, 0.2) is 12.1 Å². The van der Waals surface area contributed by atoms with Crippen LogP contribution < -0.4 is 5.32 Å². The molecule has 20 heavy (non-hydrogen) atoms. The molecule has 0 aliphatic rings. The Morgan fingerprint density at radius 3 is 2.70 bits per heavy atom. The van der Waals surface area contributed by atoms with E-state index in [1.165, 1.54) is 0 Å². The van der Waals surface area contributed by atoms with Crippen LogP contribution in [-0.2, 0) is 0 Å². The Kier molecular flexibility index (Phi) is 6.00. The van der Waals surface area contributed by atoms with Gasteiger partial charge in [0.05, 0.1) is 4.92 Å². The van der Waals surface area contributed by atoms with Crippen molar-refractivity contribution in [3.63, 3.8) is 0 Å². The van der Waals surface area contributed by atoms with Crippen molar-refractivity contribution < 1.29 is 18.5 Å². The third-order valence-corrected chi connectivity index (χ3v) is 3.17. The Balaban J connectivity index is 2.92. The molecule has 1 rings (SSSR count). The van der Waals surface area contributed by atoms with Crippen molar-refractivity contribution >= 4 is 27.5 Å². The van der Waals surface area contributed by atoms with E-state index in [4.69, 9.17) is 0 Å². The Morgan fingerprint density at radius 2 is 2.15 bits per heavy atom. The summed E-state index contributed by atoms with van der Waals surface area (Å²) in [5.41, 5.74) is -1.85. The quantitative estimate of drug-likeness (QED) is 0.487. The van der Waals surface area contributed by atoms with Gasteiger partial charge in [-0.25, -0.2) is 4.39 Å². The van der Waals surface area contributed by atoms with Crippen molar-refractivity contribution in [3.8, 4) is 0 Å². The molecular formula is C12H13BrF2N2O3. The topological polar surface area (TPSA) is 72.2 Å². The highest BCUT2D eigenvalue weighted by atomic mass is 79.9. The van der Waals surface area contributed by atoms with Crippen LogP contribution in [-0.4, -0.2) is 22.7 Å². The molecule has 0 fully saturated rings. The highest BCUT2D eigenvalue weighted by molar-refractivity contribution is 9.09. The molecule has 1 aromatic carbocycles. The van der Waals surface area contributed by atoms with Crippen molar-refractivity contribution in [1.82, 2.24) is 5.32 Å². The number of hydrogen-bond donors (Lipinski definition) is 1. The lowest BCUT2D eigenvalue weighted by Crippen LogP contribution is -2.30. The Labute approximate surface area is 122 Å². The average molecular weight is 351 g/mol. The average Bonchev–Trinajstić information content (AvgIpc) is 2.36. The number of nitrogens with zero attached hydrogens (tertiary/aromatic N) is 1. The summed E-state index contributed by atoms with van der Waals surface area (Å²) in [7, 11) is 0. The lowest BCUT2D eigenvalue weighted by molar-refractivity contribution is -0.387. The minimum atomic E-state index is -1.46. The summed E-state index contributed by atoms with van der Waals surface area (Å²) >= 11 is 3.24. The predicted octanol–water partition coefficient (Wildman–Crippen LogP) is 3.02. The van der Waals surface area contributed by atoms with Crippen molar-refractivity contribution in [2.75, 3.05) is 11.9 Å². The summed E-state index contributed by atoms with van der Waals surface area (Å²) in [6.07, 6.45) is 0.778. The van der Waals surface area contributed by atoms with Crippen molar-refractivity contribution in [2.24, 2.45) is 5.92 Å². The summed E-state index contributed by atoms with van der Waals surface area (Å²) in [5.74, 6) is -3.47. The first-order valence-electron chi connectivity index (χ1n) is 5.85. The van der Waals surface area contributed by atoms with Gasteiger partial charge in [0.25, 0.3) is 5.91 Å². The molecule has 1 amide bonds. The Hall–Kier alpha value is -1.57. The molecule has 8 heteroatoms. The van der Waals surface area contributed by atoms with Gasteiger partial charge in [0.15, 0.2) is 0 Å². The summed E-state index contributed by atoms with van der Waals surface area (Å²) < 4.78 is 27.2. The zero-order chi connectivity index (χ0) is 15.3. The van der Waals surface area contributed by atoms with Crippen LogP contribution in [0.4, 0.5) is 14.5 Å². The molecule has 0 aliphatic heterocycles. The minimum absolute atomic E-state index is 0.114. The van der Waals surface area contributed by atoms with Gasteiger partial charge in [-0.1, -0.05) is 22.9 Å². The standard InChI is InChI=1S/C12H13BrF2N2O3/c1-7(4-5-13)6-16-12(18)10-8(14)2-3-9(11(10)15)17(19)20/h2-3,7H,4-6H2,1H3,(H,16,18). The molecule has 1 atom stereocenters. The lowest BCUT2D eigenvalue weighted by Gasteiger charge is -2.11. The number of halogens is 3. The van der Waals surface area contributed by atoms with Gasteiger partial charge in [-0.3, -0.25) is 14.9 Å². The molecule has 5 nitrogen and oxygen atoms in total. The molecule has 0 saturated heterocycles. The second kappa shape index (κ2) is 7.28. The predicted molar refractivity (Wildman–Crippen MR) is 72.9 cm³/mol. The van der Waals surface area contributed by atoms with E-state index in [0.717, 1.165) is 11.8 Å². The molecule has 1 unspecified atom stereocenters. The van der Waals surface area contributed by atoms with Crippen LogP contribution >= 0.6 is 15.9 Å². The maximum absolute atomic E-state index is 13.8. The van der Waals surface area contributed by atoms with Gasteiger partial charge >= 0.3 is 5.69 Å². The second-order valence-corrected chi connectivity index (χ2v) is 5.10. The van der Waals surface area contributed by atoms with E-state index in [9.17, 15) is 23.7 Å². The van der Waals surface area contributed by atoms with Gasteiger partial charge in [-0.15, -0.1) is 0 Å². The number of nitro benzene ring substituents is 1. The Morgan fingerprint density at radius 1 is 1.50 bits per heavy atom. The van der Waals surface area contributed by atoms with Crippen molar-refractivity contribution in [1.29, 1.82) is 0 Å². The first-order chi connectivity index (χ1) is 9.38. The third kappa shape index (κ3) is 3.96. The number of carbonyl (C=O) groups excluding carboxylic acids is 1. The van der Waals surface area contributed by atoms with Gasteiger partial charge in [0, 0.05) is 17.9 Å². The van der Waals surface area contributed by atoms with E-state index in [-0.39, 0.29) is 12.5 Å². The number of amides is 1. The number of rotatable bonds is 6. The first kappa shape index (κ1) is 16.5. The first-order valence-corrected chi connectivity index (χ1v) is 6.97. The SMILES string of the molecule is CC(CCBr)CNC(=O)c1c(F)ccc([N+](=O)[O-])c1F. The van der Waals surface area contributed by atoms with Crippen LogP contribution in [0.2, 0.25) is 0 Å². The molecule has 0 aromatic heterocycles. The molecule has 0 radical (unpaired) electrons. The maximum Gasteiger partial charge on any atom is 0.305 e. The fourth-order valence-corrected chi connectivity index (χ4v) is 2.32. The molecule has 110 valence electrons. The van der Waals surface area contributed by atoms with E-state index in [1.54, 1.807) is 0 Å². The van der Waals surface area contributed by atoms with Gasteiger partial charge < -0.3 is 5.32 Å². The van der Waals surface area contributed by atoms with Crippen LogP contribution in [0.1, 0.15) is 23.7 Å².